The van der Waals surface area contributed by atoms with Crippen molar-refractivity contribution in [1.82, 2.24) is 0 Å². The molecule has 4 heteroatoms. The lowest BCUT2D eigenvalue weighted by atomic mass is 9.77. The highest BCUT2D eigenvalue weighted by molar-refractivity contribution is 5.85. The molecule has 0 aromatic heterocycles. The Morgan fingerprint density at radius 2 is 1.24 bits per heavy atom. The Hall–Kier alpha value is -0.770. The molecule has 1 rings (SSSR count). The van der Waals surface area contributed by atoms with Gasteiger partial charge in [0.15, 0.2) is 0 Å². The molecule has 2 atom stereocenters. The highest BCUT2D eigenvalue weighted by Crippen LogP contribution is 2.41. The molecular formula is C21H38ClNO2. The van der Waals surface area contributed by atoms with Gasteiger partial charge in [0, 0.05) is 6.04 Å². The van der Waals surface area contributed by atoms with Gasteiger partial charge in [-0.15, -0.1) is 12.4 Å². The summed E-state index contributed by atoms with van der Waals surface area (Å²) < 4.78 is 0. The smallest absolute Gasteiger partial charge is 0.123 e. The fraction of sp³-hybridized carbons (Fsp3) is 0.714. The van der Waals surface area contributed by atoms with Crippen LogP contribution in [0.4, 0.5) is 0 Å². The molecule has 0 saturated carbocycles. The topological polar surface area (TPSA) is 66.5 Å². The Kier molecular flexibility index (Phi) is 7.61. The molecular weight excluding hydrogens is 334 g/mol. The summed E-state index contributed by atoms with van der Waals surface area (Å²) in [6.45, 7) is 18.7. The Balaban J connectivity index is 0.00000576. The third kappa shape index (κ3) is 6.16. The number of aromatic hydroxyl groups is 1. The molecule has 1 aromatic rings. The molecule has 0 fully saturated rings. The maximum Gasteiger partial charge on any atom is 0.123 e. The molecule has 146 valence electrons. The van der Waals surface area contributed by atoms with Gasteiger partial charge in [-0.1, -0.05) is 62.3 Å². The lowest BCUT2D eigenvalue weighted by Crippen LogP contribution is -2.36. The summed E-state index contributed by atoms with van der Waals surface area (Å²) >= 11 is 0. The standard InChI is InChI=1S/C21H37NO2.ClH/c1-19(2,3)14-10-13(11-15(18(14)24)20(4,5)6)16(23)12-17(22)21(7,8)9;/h10-11,16-17,23-24H,12,22H2,1-9H3;1H/t16-,17-;/m0./s1. The van der Waals surface area contributed by atoms with Gasteiger partial charge in [-0.25, -0.2) is 0 Å². The second-order valence-electron chi connectivity index (χ2n) is 10.2. The molecule has 0 aliphatic rings. The zero-order valence-corrected chi connectivity index (χ0v) is 18.2. The van der Waals surface area contributed by atoms with Crippen LogP contribution in [0.1, 0.15) is 91.5 Å². The average molecular weight is 372 g/mol. The van der Waals surface area contributed by atoms with Crippen LogP contribution >= 0.6 is 12.4 Å². The Labute approximate surface area is 160 Å². The van der Waals surface area contributed by atoms with E-state index in [1.54, 1.807) is 0 Å². The Morgan fingerprint density at radius 3 is 1.52 bits per heavy atom. The van der Waals surface area contributed by atoms with Crippen molar-refractivity contribution in [1.29, 1.82) is 0 Å². The van der Waals surface area contributed by atoms with Crippen molar-refractivity contribution in [2.45, 2.75) is 91.7 Å². The van der Waals surface area contributed by atoms with Gasteiger partial charge in [-0.05, 0) is 51.5 Å². The minimum atomic E-state index is -0.637. The number of aliphatic hydroxyl groups is 1. The molecule has 0 spiro atoms. The second kappa shape index (κ2) is 7.85. The normalized spacial score (nSPS) is 15.5. The van der Waals surface area contributed by atoms with Gasteiger partial charge < -0.3 is 15.9 Å². The van der Waals surface area contributed by atoms with E-state index in [0.717, 1.165) is 16.7 Å². The van der Waals surface area contributed by atoms with Gasteiger partial charge in [-0.2, -0.15) is 0 Å². The van der Waals surface area contributed by atoms with Crippen molar-refractivity contribution in [3.8, 4) is 5.75 Å². The first kappa shape index (κ1) is 24.2. The van der Waals surface area contributed by atoms with E-state index in [4.69, 9.17) is 5.73 Å². The third-order valence-electron chi connectivity index (χ3n) is 4.72. The first-order chi connectivity index (χ1) is 10.5. The number of benzene rings is 1. The van der Waals surface area contributed by atoms with Gasteiger partial charge in [0.1, 0.15) is 5.75 Å². The maximum atomic E-state index is 10.8. The lowest BCUT2D eigenvalue weighted by molar-refractivity contribution is 0.133. The Morgan fingerprint density at radius 1 is 0.880 bits per heavy atom. The van der Waals surface area contributed by atoms with E-state index in [0.29, 0.717) is 12.2 Å². The van der Waals surface area contributed by atoms with E-state index in [1.165, 1.54) is 0 Å². The van der Waals surface area contributed by atoms with Crippen LogP contribution in [0.5, 0.6) is 5.75 Å². The molecule has 4 N–H and O–H groups in total. The van der Waals surface area contributed by atoms with Crippen LogP contribution < -0.4 is 5.73 Å². The number of phenols is 1. The Bertz CT molecular complexity index is 542. The van der Waals surface area contributed by atoms with Crippen molar-refractivity contribution in [2.75, 3.05) is 0 Å². The van der Waals surface area contributed by atoms with Crippen molar-refractivity contribution >= 4 is 12.4 Å². The summed E-state index contributed by atoms with van der Waals surface area (Å²) in [6.07, 6.45) is -0.136. The molecule has 0 aliphatic carbocycles. The molecule has 25 heavy (non-hydrogen) atoms. The van der Waals surface area contributed by atoms with E-state index in [9.17, 15) is 10.2 Å². The van der Waals surface area contributed by atoms with E-state index in [2.05, 4.69) is 62.3 Å². The average Bonchev–Trinajstić information content (AvgIpc) is 2.34. The van der Waals surface area contributed by atoms with Crippen molar-refractivity contribution < 1.29 is 10.2 Å². The number of hydrogen-bond acceptors (Lipinski definition) is 3. The molecule has 0 bridgehead atoms. The highest BCUT2D eigenvalue weighted by atomic mass is 35.5. The van der Waals surface area contributed by atoms with Crippen LogP contribution in [0, 0.1) is 5.41 Å². The molecule has 0 radical (unpaired) electrons. The SMILES string of the molecule is CC(C)(C)c1cc([C@@H](O)C[C@H](N)C(C)(C)C)cc(C(C)(C)C)c1O.Cl. The predicted molar refractivity (Wildman–Crippen MR) is 110 cm³/mol. The number of halogens is 1. The van der Waals surface area contributed by atoms with Crippen LogP contribution in [0.3, 0.4) is 0 Å². The van der Waals surface area contributed by atoms with E-state index in [1.807, 2.05) is 12.1 Å². The van der Waals surface area contributed by atoms with Gasteiger partial charge in [0.25, 0.3) is 0 Å². The molecule has 3 nitrogen and oxygen atoms in total. The van der Waals surface area contributed by atoms with Gasteiger partial charge in [0.05, 0.1) is 6.10 Å². The summed E-state index contributed by atoms with van der Waals surface area (Å²) in [7, 11) is 0. The van der Waals surface area contributed by atoms with Crippen LogP contribution in [-0.2, 0) is 10.8 Å². The molecule has 0 saturated heterocycles. The van der Waals surface area contributed by atoms with E-state index >= 15 is 0 Å². The molecule has 0 unspecified atom stereocenters. The second-order valence-corrected chi connectivity index (χ2v) is 10.2. The van der Waals surface area contributed by atoms with E-state index in [-0.39, 0.29) is 34.7 Å². The van der Waals surface area contributed by atoms with Gasteiger partial charge in [-0.3, -0.25) is 0 Å². The number of nitrogens with two attached hydrogens (primary N) is 1. The zero-order chi connectivity index (χ0) is 19.1. The fourth-order valence-electron chi connectivity index (χ4n) is 2.72. The summed E-state index contributed by atoms with van der Waals surface area (Å²) in [5.41, 5.74) is 8.37. The van der Waals surface area contributed by atoms with E-state index < -0.39 is 6.10 Å². The number of hydrogen-bond donors (Lipinski definition) is 3. The molecule has 0 amide bonds. The van der Waals surface area contributed by atoms with Crippen LogP contribution in [0.15, 0.2) is 12.1 Å². The van der Waals surface area contributed by atoms with Crippen molar-refractivity contribution in [3.63, 3.8) is 0 Å². The van der Waals surface area contributed by atoms with Crippen LogP contribution in [0.2, 0.25) is 0 Å². The molecule has 1 aromatic carbocycles. The fourth-order valence-corrected chi connectivity index (χ4v) is 2.72. The molecule has 0 heterocycles. The summed E-state index contributed by atoms with van der Waals surface area (Å²) in [5, 5.41) is 21.5. The quantitative estimate of drug-likeness (QED) is 0.683. The zero-order valence-electron chi connectivity index (χ0n) is 17.4. The van der Waals surface area contributed by atoms with Crippen molar-refractivity contribution in [2.24, 2.45) is 11.1 Å². The van der Waals surface area contributed by atoms with Gasteiger partial charge in [0.2, 0.25) is 0 Å². The first-order valence-electron chi connectivity index (χ1n) is 8.86. The summed E-state index contributed by atoms with van der Waals surface area (Å²) in [4.78, 5) is 0. The predicted octanol–water partition coefficient (Wildman–Crippen LogP) is 5.21. The largest absolute Gasteiger partial charge is 0.507 e. The third-order valence-corrected chi connectivity index (χ3v) is 4.72. The maximum absolute atomic E-state index is 10.8. The lowest BCUT2D eigenvalue weighted by Gasteiger charge is -2.31. The number of rotatable bonds is 3. The number of phenolic OH excluding ortho intramolecular Hbond substituents is 1. The summed E-state index contributed by atoms with van der Waals surface area (Å²) in [5.74, 6) is 0.339. The van der Waals surface area contributed by atoms with Crippen LogP contribution in [0.25, 0.3) is 0 Å². The molecule has 0 aliphatic heterocycles. The monoisotopic (exact) mass is 371 g/mol. The van der Waals surface area contributed by atoms with Gasteiger partial charge >= 0.3 is 0 Å². The van der Waals surface area contributed by atoms with Crippen LogP contribution in [-0.4, -0.2) is 16.3 Å². The summed E-state index contributed by atoms with van der Waals surface area (Å²) in [6, 6.07) is 3.77. The van der Waals surface area contributed by atoms with Crippen molar-refractivity contribution in [3.05, 3.63) is 28.8 Å². The minimum absolute atomic E-state index is 0. The highest BCUT2D eigenvalue weighted by Gasteiger charge is 2.29. The minimum Gasteiger partial charge on any atom is -0.507 e. The number of aliphatic hydroxyl groups excluding tert-OH is 1. The first-order valence-corrected chi connectivity index (χ1v) is 8.86.